The van der Waals surface area contributed by atoms with Crippen molar-refractivity contribution in [3.8, 4) is 34.3 Å². The molecule has 7 rings (SSSR count). The second-order valence-corrected chi connectivity index (χ2v) is 15.8. The van der Waals surface area contributed by atoms with E-state index >= 15 is 0 Å². The molecule has 3 aromatic heterocycles. The van der Waals surface area contributed by atoms with Gasteiger partial charge in [-0.2, -0.15) is 0 Å². The topological polar surface area (TPSA) is 152 Å². The van der Waals surface area contributed by atoms with E-state index in [9.17, 15) is 14.8 Å². The van der Waals surface area contributed by atoms with Crippen molar-refractivity contribution in [2.75, 3.05) is 62.9 Å². The standard InChI is InChI=1S/C47H51N7O8/c1-30-17-18-48-25-38(30)40-21-33-22-43(54(57)35-13-11-34(12-14-35)53-20-19-51(29-44(53)55)46(56)62-47(2,3)4)49-26-39(33)45(50-40)52(27-31-9-15-36(58-5)23-41(31)60-7)28-32-10-16-37(59-6)24-42(32)61-8/h9-18,21-26,57H,19-20,27-29H2,1-8H3. The first-order valence-electron chi connectivity index (χ1n) is 20.0. The number of pyridine rings is 3. The van der Waals surface area contributed by atoms with Gasteiger partial charge in [-0.15, -0.1) is 0 Å². The first-order valence-corrected chi connectivity index (χ1v) is 20.0. The van der Waals surface area contributed by atoms with Crippen LogP contribution in [0.1, 0.15) is 37.5 Å². The number of carbonyl (C=O) groups is 2. The zero-order chi connectivity index (χ0) is 44.1. The van der Waals surface area contributed by atoms with E-state index in [1.807, 2.05) is 61.5 Å². The Labute approximate surface area is 361 Å². The molecule has 3 aromatic carbocycles. The Hall–Kier alpha value is -7.13. The van der Waals surface area contributed by atoms with Gasteiger partial charge in [0.05, 0.1) is 39.8 Å². The number of anilines is 4. The van der Waals surface area contributed by atoms with Crippen LogP contribution in [0.4, 0.5) is 27.8 Å². The number of piperazine rings is 1. The highest BCUT2D eigenvalue weighted by Crippen LogP contribution is 2.38. The Balaban J connectivity index is 1.26. The molecule has 1 saturated heterocycles. The minimum Gasteiger partial charge on any atom is -0.497 e. The lowest BCUT2D eigenvalue weighted by Gasteiger charge is -2.35. The predicted molar refractivity (Wildman–Crippen MR) is 237 cm³/mol. The molecule has 62 heavy (non-hydrogen) atoms. The van der Waals surface area contributed by atoms with Gasteiger partial charge in [0.25, 0.3) is 0 Å². The van der Waals surface area contributed by atoms with Crippen LogP contribution < -0.4 is 33.8 Å². The average Bonchev–Trinajstić information content (AvgIpc) is 3.27. The third kappa shape index (κ3) is 9.42. The number of hydrogen-bond donors (Lipinski definition) is 1. The van der Waals surface area contributed by atoms with Gasteiger partial charge in [-0.25, -0.2) is 19.8 Å². The van der Waals surface area contributed by atoms with E-state index in [-0.39, 0.29) is 18.3 Å². The lowest BCUT2D eigenvalue weighted by molar-refractivity contribution is -0.121. The molecule has 0 radical (unpaired) electrons. The van der Waals surface area contributed by atoms with E-state index in [4.69, 9.17) is 33.7 Å². The zero-order valence-electron chi connectivity index (χ0n) is 36.2. The summed E-state index contributed by atoms with van der Waals surface area (Å²) in [5.74, 6) is 3.28. The minimum absolute atomic E-state index is 0.0973. The summed E-state index contributed by atoms with van der Waals surface area (Å²) >= 11 is 0. The molecular weight excluding hydrogens is 791 g/mol. The normalized spacial score (nSPS) is 12.9. The monoisotopic (exact) mass is 841 g/mol. The van der Waals surface area contributed by atoms with E-state index in [0.29, 0.717) is 72.1 Å². The van der Waals surface area contributed by atoms with Crippen molar-refractivity contribution in [1.29, 1.82) is 0 Å². The predicted octanol–water partition coefficient (Wildman–Crippen LogP) is 8.35. The van der Waals surface area contributed by atoms with Crippen LogP contribution in [0.15, 0.2) is 97.5 Å². The molecule has 322 valence electrons. The van der Waals surface area contributed by atoms with Gasteiger partial charge in [-0.3, -0.25) is 19.9 Å². The second kappa shape index (κ2) is 18.2. The van der Waals surface area contributed by atoms with Crippen LogP contribution >= 0.6 is 0 Å². The molecule has 15 nitrogen and oxygen atoms in total. The third-order valence-corrected chi connectivity index (χ3v) is 10.5. The number of carbonyl (C=O) groups excluding carboxylic acids is 2. The fourth-order valence-electron chi connectivity index (χ4n) is 7.26. The first kappa shape index (κ1) is 43.0. The molecule has 2 amide bonds. The van der Waals surface area contributed by atoms with Crippen molar-refractivity contribution < 1.29 is 38.5 Å². The number of ether oxygens (including phenoxy) is 5. The number of rotatable bonds is 13. The Morgan fingerprint density at radius 2 is 1.45 bits per heavy atom. The Morgan fingerprint density at radius 1 is 0.806 bits per heavy atom. The maximum absolute atomic E-state index is 13.2. The summed E-state index contributed by atoms with van der Waals surface area (Å²) in [7, 11) is 6.49. The highest BCUT2D eigenvalue weighted by Gasteiger charge is 2.31. The summed E-state index contributed by atoms with van der Waals surface area (Å²) in [4.78, 5) is 45.4. The maximum atomic E-state index is 13.2. The number of methoxy groups -OCH3 is 4. The quantitative estimate of drug-likeness (QED) is 0.111. The van der Waals surface area contributed by atoms with Crippen molar-refractivity contribution >= 4 is 45.8 Å². The molecule has 0 bridgehead atoms. The van der Waals surface area contributed by atoms with E-state index in [1.54, 1.807) is 97.0 Å². The van der Waals surface area contributed by atoms with Crippen LogP contribution in [0.5, 0.6) is 23.0 Å². The summed E-state index contributed by atoms with van der Waals surface area (Å²) in [6.45, 7) is 8.65. The molecule has 0 atom stereocenters. The van der Waals surface area contributed by atoms with Gasteiger partial charge in [0, 0.05) is 84.7 Å². The average molecular weight is 842 g/mol. The van der Waals surface area contributed by atoms with Crippen molar-refractivity contribution in [2.24, 2.45) is 0 Å². The number of amides is 2. The van der Waals surface area contributed by atoms with Crippen molar-refractivity contribution in [1.82, 2.24) is 19.9 Å². The van der Waals surface area contributed by atoms with E-state index < -0.39 is 11.7 Å². The maximum Gasteiger partial charge on any atom is 0.410 e. The fourth-order valence-corrected chi connectivity index (χ4v) is 7.26. The van der Waals surface area contributed by atoms with Gasteiger partial charge >= 0.3 is 6.09 Å². The Morgan fingerprint density at radius 3 is 2.02 bits per heavy atom. The Bertz CT molecular complexity index is 2520. The highest BCUT2D eigenvalue weighted by molar-refractivity contribution is 5.98. The van der Waals surface area contributed by atoms with Gasteiger partial charge < -0.3 is 33.5 Å². The minimum atomic E-state index is -0.664. The van der Waals surface area contributed by atoms with Crippen LogP contribution in [0.3, 0.4) is 0 Å². The van der Waals surface area contributed by atoms with Crippen molar-refractivity contribution in [3.05, 3.63) is 114 Å². The first-order chi connectivity index (χ1) is 29.8. The molecule has 15 heteroatoms. The molecule has 0 aliphatic carbocycles. The summed E-state index contributed by atoms with van der Waals surface area (Å²) < 4.78 is 28.2. The third-order valence-electron chi connectivity index (χ3n) is 10.5. The van der Waals surface area contributed by atoms with Crippen LogP contribution in [0.25, 0.3) is 22.0 Å². The molecule has 1 N–H and O–H groups in total. The number of benzene rings is 3. The molecule has 1 aliphatic heterocycles. The van der Waals surface area contributed by atoms with Gasteiger partial charge in [-0.1, -0.05) is 0 Å². The zero-order valence-corrected chi connectivity index (χ0v) is 36.2. The Kier molecular flexibility index (Phi) is 12.6. The van der Waals surface area contributed by atoms with Gasteiger partial charge in [0.1, 0.15) is 41.0 Å². The van der Waals surface area contributed by atoms with Crippen LogP contribution in [0, 0.1) is 6.92 Å². The molecule has 0 saturated carbocycles. The lowest BCUT2D eigenvalue weighted by atomic mass is 10.0. The molecular formula is C47H51N7O8. The summed E-state index contributed by atoms with van der Waals surface area (Å²) in [6, 6.07) is 24.1. The van der Waals surface area contributed by atoms with Crippen LogP contribution in [-0.4, -0.2) is 90.7 Å². The smallest absolute Gasteiger partial charge is 0.410 e. The fraction of sp³-hybridized carbons (Fsp3) is 0.298. The van der Waals surface area contributed by atoms with Crippen molar-refractivity contribution in [2.45, 2.75) is 46.4 Å². The number of aromatic nitrogens is 3. The van der Waals surface area contributed by atoms with Crippen LogP contribution in [0.2, 0.25) is 0 Å². The number of nitrogens with zero attached hydrogens (tertiary/aromatic N) is 7. The number of hydrogen-bond acceptors (Lipinski definition) is 13. The summed E-state index contributed by atoms with van der Waals surface area (Å²) in [6.07, 6.45) is 4.72. The van der Waals surface area contributed by atoms with E-state index in [0.717, 1.165) is 38.1 Å². The molecule has 0 spiro atoms. The molecule has 1 aliphatic rings. The lowest BCUT2D eigenvalue weighted by Crippen LogP contribution is -2.53. The second-order valence-electron chi connectivity index (χ2n) is 15.8. The molecule has 4 heterocycles. The van der Waals surface area contributed by atoms with Gasteiger partial charge in [-0.05, 0) is 105 Å². The molecule has 1 fully saturated rings. The SMILES string of the molecule is COc1ccc(CN(Cc2ccc(OC)cc2OC)c2nc(-c3cnccc3C)cc3cc(N(O)c4ccc(N5CCN(C(=O)OC(C)(C)C)CC5=O)cc4)ncc23)c(OC)c1. The van der Waals surface area contributed by atoms with E-state index in [1.165, 1.54) is 4.90 Å². The molecule has 0 unspecified atom stereocenters. The summed E-state index contributed by atoms with van der Waals surface area (Å²) in [5, 5.41) is 14.1. The molecule has 6 aromatic rings. The number of fused-ring (bicyclic) bond motifs is 1. The van der Waals surface area contributed by atoms with E-state index in [2.05, 4.69) is 9.88 Å². The highest BCUT2D eigenvalue weighted by atomic mass is 16.6. The van der Waals surface area contributed by atoms with Gasteiger partial charge in [0.15, 0.2) is 5.82 Å². The van der Waals surface area contributed by atoms with Crippen molar-refractivity contribution in [3.63, 3.8) is 0 Å². The summed E-state index contributed by atoms with van der Waals surface area (Å²) in [5.41, 5.74) is 4.68. The van der Waals surface area contributed by atoms with Crippen LogP contribution in [-0.2, 0) is 22.6 Å². The van der Waals surface area contributed by atoms with Gasteiger partial charge in [0.2, 0.25) is 5.91 Å². The largest absolute Gasteiger partial charge is 0.497 e. The number of aryl methyl sites for hydroxylation is 1.